The second kappa shape index (κ2) is 6.25. The number of carbonyl (C=O) groups excluding carboxylic acids is 1. The van der Waals surface area contributed by atoms with Crippen molar-refractivity contribution in [3.63, 3.8) is 0 Å². The van der Waals surface area contributed by atoms with Gasteiger partial charge in [-0.1, -0.05) is 18.2 Å². The van der Waals surface area contributed by atoms with Gasteiger partial charge in [-0.2, -0.15) is 0 Å². The molecule has 0 N–H and O–H groups in total. The average molecular weight is 353 g/mol. The summed E-state index contributed by atoms with van der Waals surface area (Å²) in [4.78, 5) is 15.0. The van der Waals surface area contributed by atoms with Gasteiger partial charge in [0.1, 0.15) is 24.0 Å². The van der Waals surface area contributed by atoms with Gasteiger partial charge in [-0.3, -0.25) is 9.69 Å². The molecule has 4 rings (SSSR count). The number of allylic oxidation sites excluding steroid dienone is 1. The monoisotopic (exact) mass is 353 g/mol. The van der Waals surface area contributed by atoms with Crippen molar-refractivity contribution < 1.29 is 18.7 Å². The van der Waals surface area contributed by atoms with E-state index in [1.165, 1.54) is 12.1 Å². The predicted octanol–water partition coefficient (Wildman–Crippen LogP) is 4.31. The van der Waals surface area contributed by atoms with Crippen LogP contribution in [0.25, 0.3) is 6.08 Å². The molecular weight excluding hydrogens is 333 g/mol. The molecule has 0 radical (unpaired) electrons. The number of benzene rings is 2. The van der Waals surface area contributed by atoms with Crippen molar-refractivity contribution in [2.75, 3.05) is 6.73 Å². The zero-order valence-corrected chi connectivity index (χ0v) is 15.0. The third-order valence-corrected chi connectivity index (χ3v) is 4.89. The fourth-order valence-electron chi connectivity index (χ4n) is 3.33. The maximum absolute atomic E-state index is 13.9. The van der Waals surface area contributed by atoms with Crippen molar-refractivity contribution in [3.05, 3.63) is 64.2 Å². The number of Topliss-reactive ketones (excluding diaryl/α,β-unsaturated/α-hetero) is 1. The van der Waals surface area contributed by atoms with Gasteiger partial charge >= 0.3 is 0 Å². The third kappa shape index (κ3) is 2.69. The number of carbonyl (C=O) groups is 1. The van der Waals surface area contributed by atoms with E-state index in [4.69, 9.17) is 9.47 Å². The molecule has 0 atom stereocenters. The number of hydrogen-bond donors (Lipinski definition) is 0. The Hall–Kier alpha value is -2.66. The van der Waals surface area contributed by atoms with Crippen molar-refractivity contribution in [2.45, 2.75) is 33.4 Å². The van der Waals surface area contributed by atoms with Crippen molar-refractivity contribution >= 4 is 11.9 Å². The Kier molecular flexibility index (Phi) is 4.04. The minimum Gasteiger partial charge on any atom is -0.477 e. The molecule has 0 fully saturated rings. The SMILES string of the molecule is Cc1c2c(cc3c1O/C(=C\c1ccccc1F)C3=O)CN(C(C)C)CO2. The van der Waals surface area contributed by atoms with Crippen LogP contribution >= 0.6 is 0 Å². The lowest BCUT2D eigenvalue weighted by molar-refractivity contribution is 0.0678. The van der Waals surface area contributed by atoms with Gasteiger partial charge in [0.15, 0.2) is 5.76 Å². The maximum Gasteiger partial charge on any atom is 0.231 e. The molecule has 2 aromatic carbocycles. The second-order valence-corrected chi connectivity index (χ2v) is 6.94. The van der Waals surface area contributed by atoms with Crippen molar-refractivity contribution in [1.82, 2.24) is 4.90 Å². The summed E-state index contributed by atoms with van der Waals surface area (Å²) < 4.78 is 25.6. The molecule has 0 saturated heterocycles. The topological polar surface area (TPSA) is 38.8 Å². The molecule has 0 unspecified atom stereocenters. The molecule has 4 nitrogen and oxygen atoms in total. The predicted molar refractivity (Wildman–Crippen MR) is 96.7 cm³/mol. The van der Waals surface area contributed by atoms with Crippen molar-refractivity contribution in [1.29, 1.82) is 0 Å². The molecule has 0 saturated carbocycles. The molecule has 0 bridgehead atoms. The lowest BCUT2D eigenvalue weighted by Crippen LogP contribution is -2.37. The van der Waals surface area contributed by atoms with Crippen LogP contribution in [-0.4, -0.2) is 23.5 Å². The van der Waals surface area contributed by atoms with Crippen LogP contribution in [0.3, 0.4) is 0 Å². The van der Waals surface area contributed by atoms with Gasteiger partial charge in [-0.25, -0.2) is 4.39 Å². The Bertz CT molecular complexity index is 933. The maximum atomic E-state index is 13.9. The number of halogens is 1. The lowest BCUT2D eigenvalue weighted by atomic mass is 9.99. The Balaban J connectivity index is 1.74. The first-order chi connectivity index (χ1) is 12.5. The van der Waals surface area contributed by atoms with Gasteiger partial charge in [0.25, 0.3) is 0 Å². The molecule has 0 amide bonds. The summed E-state index contributed by atoms with van der Waals surface area (Å²) in [6.07, 6.45) is 1.46. The van der Waals surface area contributed by atoms with Gasteiger partial charge in [-0.05, 0) is 39.0 Å². The number of ether oxygens (including phenoxy) is 2. The highest BCUT2D eigenvalue weighted by atomic mass is 19.1. The first kappa shape index (κ1) is 16.8. The number of nitrogens with zero attached hydrogens (tertiary/aromatic N) is 1. The molecule has 0 aromatic heterocycles. The molecule has 2 aromatic rings. The van der Waals surface area contributed by atoms with Crippen LogP contribution in [0.15, 0.2) is 36.1 Å². The van der Waals surface area contributed by atoms with Crippen molar-refractivity contribution in [2.24, 2.45) is 0 Å². The molecule has 2 aliphatic heterocycles. The van der Waals surface area contributed by atoms with E-state index in [0.29, 0.717) is 29.6 Å². The summed E-state index contributed by atoms with van der Waals surface area (Å²) in [5.41, 5.74) is 2.63. The summed E-state index contributed by atoms with van der Waals surface area (Å²) >= 11 is 0. The van der Waals surface area contributed by atoms with Gasteiger partial charge in [0.2, 0.25) is 5.78 Å². The Labute approximate surface area is 151 Å². The van der Waals surface area contributed by atoms with Crippen LogP contribution in [0.1, 0.15) is 40.9 Å². The molecule has 0 aliphatic carbocycles. The summed E-state index contributed by atoms with van der Waals surface area (Å²) in [5, 5.41) is 0. The molecule has 2 aliphatic rings. The quantitative estimate of drug-likeness (QED) is 0.754. The van der Waals surface area contributed by atoms with Gasteiger partial charge in [-0.15, -0.1) is 0 Å². The van der Waals surface area contributed by atoms with Crippen LogP contribution in [0.4, 0.5) is 4.39 Å². The van der Waals surface area contributed by atoms with Crippen LogP contribution in [0.2, 0.25) is 0 Å². The van der Waals surface area contributed by atoms with Gasteiger partial charge in [0.05, 0.1) is 5.56 Å². The van der Waals surface area contributed by atoms with E-state index in [2.05, 4.69) is 18.7 Å². The molecular formula is C21H20FNO3. The summed E-state index contributed by atoms with van der Waals surface area (Å²) in [6.45, 7) is 7.34. The van der Waals surface area contributed by atoms with Crippen LogP contribution in [0.5, 0.6) is 11.5 Å². The van der Waals surface area contributed by atoms with Crippen LogP contribution in [-0.2, 0) is 6.54 Å². The molecule has 2 heterocycles. The van der Waals surface area contributed by atoms with Crippen LogP contribution in [0, 0.1) is 12.7 Å². The average Bonchev–Trinajstić information content (AvgIpc) is 2.93. The third-order valence-electron chi connectivity index (χ3n) is 4.89. The molecule has 134 valence electrons. The number of fused-ring (bicyclic) bond motifs is 2. The number of hydrogen-bond acceptors (Lipinski definition) is 4. The fraction of sp³-hybridized carbons (Fsp3) is 0.286. The molecule has 5 heteroatoms. The van der Waals surface area contributed by atoms with E-state index < -0.39 is 0 Å². The van der Waals surface area contributed by atoms with Crippen molar-refractivity contribution in [3.8, 4) is 11.5 Å². The first-order valence-corrected chi connectivity index (χ1v) is 8.68. The minimum absolute atomic E-state index is 0.135. The van der Waals surface area contributed by atoms with E-state index in [0.717, 1.165) is 23.4 Å². The highest BCUT2D eigenvalue weighted by molar-refractivity contribution is 6.15. The fourth-order valence-corrected chi connectivity index (χ4v) is 3.33. The van der Waals surface area contributed by atoms with E-state index in [9.17, 15) is 9.18 Å². The summed E-state index contributed by atoms with van der Waals surface area (Å²) in [6, 6.07) is 8.50. The van der Waals surface area contributed by atoms with Gasteiger partial charge < -0.3 is 9.47 Å². The smallest absolute Gasteiger partial charge is 0.231 e. The summed E-state index contributed by atoms with van der Waals surface area (Å²) in [7, 11) is 0. The number of rotatable bonds is 2. The normalized spacial score (nSPS) is 17.9. The Morgan fingerprint density at radius 3 is 2.73 bits per heavy atom. The Morgan fingerprint density at radius 2 is 2.00 bits per heavy atom. The lowest BCUT2D eigenvalue weighted by Gasteiger charge is -2.32. The highest BCUT2D eigenvalue weighted by Crippen LogP contribution is 2.43. The van der Waals surface area contributed by atoms with E-state index >= 15 is 0 Å². The zero-order valence-electron chi connectivity index (χ0n) is 15.0. The Morgan fingerprint density at radius 1 is 1.23 bits per heavy atom. The zero-order chi connectivity index (χ0) is 18.4. The van der Waals surface area contributed by atoms with Crippen LogP contribution < -0.4 is 9.47 Å². The second-order valence-electron chi connectivity index (χ2n) is 6.94. The minimum atomic E-state index is -0.390. The van der Waals surface area contributed by atoms with E-state index in [1.807, 2.05) is 13.0 Å². The number of ketones is 1. The van der Waals surface area contributed by atoms with E-state index in [-0.39, 0.29) is 17.4 Å². The standard InChI is InChI=1S/C21H20FNO3/c1-12(2)23-10-15-8-16-19(24)18(9-14-6-4-5-7-17(14)22)26-21(16)13(3)20(15)25-11-23/h4-9,12H,10-11H2,1-3H3/b18-9-. The van der Waals surface area contributed by atoms with Gasteiger partial charge in [0, 0.05) is 29.3 Å². The summed E-state index contributed by atoms with van der Waals surface area (Å²) in [5.74, 6) is 0.807. The highest BCUT2D eigenvalue weighted by Gasteiger charge is 2.34. The largest absolute Gasteiger partial charge is 0.477 e. The van der Waals surface area contributed by atoms with E-state index in [1.54, 1.807) is 18.2 Å². The molecule has 0 spiro atoms. The first-order valence-electron chi connectivity index (χ1n) is 8.68. The molecule has 26 heavy (non-hydrogen) atoms.